The van der Waals surface area contributed by atoms with Gasteiger partial charge in [0.05, 0.1) is 22.4 Å². The van der Waals surface area contributed by atoms with Gasteiger partial charge in [-0.15, -0.1) is 11.3 Å². The molecule has 1 atom stereocenters. The third kappa shape index (κ3) is 6.20. The number of fused-ring (bicyclic) bond motifs is 12. The summed E-state index contributed by atoms with van der Waals surface area (Å²) in [5.74, 6) is 0.684. The number of aliphatic imine (C=N–C) groups is 2. The molecule has 1 aliphatic heterocycles. The van der Waals surface area contributed by atoms with Crippen LogP contribution < -0.4 is 0 Å². The van der Waals surface area contributed by atoms with Crippen molar-refractivity contribution in [2.45, 2.75) is 13.3 Å². The smallest absolute Gasteiger partial charge is 0.160 e. The number of rotatable bonds is 5. The van der Waals surface area contributed by atoms with E-state index in [4.69, 9.17) is 14.4 Å². The normalized spacial score (nSPS) is 15.4. The van der Waals surface area contributed by atoms with E-state index in [0.29, 0.717) is 5.84 Å². The Morgan fingerprint density at radius 3 is 2.07 bits per heavy atom. The van der Waals surface area contributed by atoms with E-state index in [0.717, 1.165) is 67.7 Å². The lowest BCUT2D eigenvalue weighted by Crippen LogP contribution is -2.18. The Labute approximate surface area is 396 Å². The first-order valence-corrected chi connectivity index (χ1v) is 24.2. The van der Waals surface area contributed by atoms with Gasteiger partial charge >= 0.3 is 0 Å². The van der Waals surface area contributed by atoms with Gasteiger partial charge in [0, 0.05) is 70.0 Å². The summed E-state index contributed by atoms with van der Waals surface area (Å²) in [7, 11) is 0. The molecule has 0 bridgehead atoms. The summed E-state index contributed by atoms with van der Waals surface area (Å²) in [5, 5.41) is 12.1. The predicted octanol–water partition coefficient (Wildman–Crippen LogP) is 17.3. The lowest BCUT2D eigenvalue weighted by atomic mass is 9.90. The van der Waals surface area contributed by atoms with Crippen molar-refractivity contribution in [3.8, 4) is 16.8 Å². The van der Waals surface area contributed by atoms with Gasteiger partial charge in [-0.2, -0.15) is 0 Å². The maximum Gasteiger partial charge on any atom is 0.160 e. The van der Waals surface area contributed by atoms with Crippen LogP contribution in [-0.4, -0.2) is 16.1 Å². The van der Waals surface area contributed by atoms with Crippen LogP contribution in [0.25, 0.3) is 108 Å². The first-order chi connectivity index (χ1) is 33.6. The molecule has 4 nitrogen and oxygen atoms in total. The Morgan fingerprint density at radius 2 is 1.19 bits per heavy atom. The minimum atomic E-state index is 0.0332. The van der Waals surface area contributed by atoms with E-state index in [9.17, 15) is 0 Å². The number of hydrogen-bond acceptors (Lipinski definition) is 4. The molecule has 0 spiro atoms. The van der Waals surface area contributed by atoms with Crippen molar-refractivity contribution in [1.82, 2.24) is 4.57 Å². The second kappa shape index (κ2) is 15.3. The quantitative estimate of drug-likeness (QED) is 0.170. The van der Waals surface area contributed by atoms with Crippen LogP contribution in [0.5, 0.6) is 0 Å². The average Bonchev–Trinajstić information content (AvgIpc) is 4.06. The Bertz CT molecular complexity index is 4310. The number of hydrogen-bond donors (Lipinski definition) is 0. The summed E-state index contributed by atoms with van der Waals surface area (Å²) < 4.78 is 11.5. The van der Waals surface area contributed by atoms with Gasteiger partial charge in [0.1, 0.15) is 11.2 Å². The largest absolute Gasteiger partial charge is 0.456 e. The number of para-hydroxylation sites is 1. The highest BCUT2D eigenvalue weighted by molar-refractivity contribution is 7.26. The van der Waals surface area contributed by atoms with Gasteiger partial charge < -0.3 is 8.98 Å². The van der Waals surface area contributed by atoms with Crippen molar-refractivity contribution >= 4 is 114 Å². The van der Waals surface area contributed by atoms with Gasteiger partial charge in [-0.25, -0.2) is 9.98 Å². The molecular weight excluding hydrogens is 847 g/mol. The summed E-state index contributed by atoms with van der Waals surface area (Å²) in [6.45, 7) is 2.32. The summed E-state index contributed by atoms with van der Waals surface area (Å²) in [6.07, 6.45) is 3.07. The highest BCUT2D eigenvalue weighted by Crippen LogP contribution is 2.44. The first-order valence-electron chi connectivity index (χ1n) is 23.4. The van der Waals surface area contributed by atoms with Crippen LogP contribution in [0.2, 0.25) is 0 Å². The van der Waals surface area contributed by atoms with E-state index in [-0.39, 0.29) is 5.92 Å². The molecule has 5 heteroatoms. The predicted molar refractivity (Wildman–Crippen MR) is 289 cm³/mol. The third-order valence-electron chi connectivity index (χ3n) is 14.0. The molecule has 1 unspecified atom stereocenters. The zero-order valence-electron chi connectivity index (χ0n) is 37.1. The topological polar surface area (TPSA) is 42.8 Å². The van der Waals surface area contributed by atoms with Crippen molar-refractivity contribution in [1.29, 1.82) is 0 Å². The molecule has 0 aliphatic carbocycles. The van der Waals surface area contributed by atoms with Crippen LogP contribution in [0, 0.1) is 5.92 Å². The molecule has 10 aromatic carbocycles. The fraction of sp³-hybridized carbons (Fsp3) is 0.0476. The molecule has 320 valence electrons. The maximum absolute atomic E-state index is 6.51. The van der Waals surface area contributed by atoms with Crippen molar-refractivity contribution in [2.24, 2.45) is 15.9 Å². The number of aromatic nitrogens is 1. The molecule has 4 heterocycles. The van der Waals surface area contributed by atoms with Crippen molar-refractivity contribution in [3.05, 3.63) is 229 Å². The summed E-state index contributed by atoms with van der Waals surface area (Å²) >= 11 is 1.85. The Hall–Kier alpha value is -8.38. The summed E-state index contributed by atoms with van der Waals surface area (Å²) in [4.78, 5) is 11.4. The first kappa shape index (κ1) is 38.8. The lowest BCUT2D eigenvalue weighted by Gasteiger charge is -2.21. The molecule has 13 aromatic rings. The van der Waals surface area contributed by atoms with E-state index in [1.165, 1.54) is 69.1 Å². The minimum Gasteiger partial charge on any atom is -0.456 e. The number of furan rings is 1. The molecule has 68 heavy (non-hydrogen) atoms. The number of amidine groups is 1. The van der Waals surface area contributed by atoms with E-state index in [1.807, 2.05) is 23.5 Å². The van der Waals surface area contributed by atoms with Crippen LogP contribution in [0.1, 0.15) is 30.0 Å². The Balaban J connectivity index is 1.04. The second-order valence-electron chi connectivity index (χ2n) is 18.1. The molecule has 0 N–H and O–H groups in total. The van der Waals surface area contributed by atoms with Gasteiger partial charge in [0.15, 0.2) is 5.84 Å². The molecule has 0 amide bonds. The Kier molecular flexibility index (Phi) is 8.77. The van der Waals surface area contributed by atoms with E-state index < -0.39 is 0 Å². The van der Waals surface area contributed by atoms with Gasteiger partial charge in [-0.3, -0.25) is 0 Å². The van der Waals surface area contributed by atoms with E-state index in [2.05, 4.69) is 212 Å². The average molecular weight is 888 g/mol. The van der Waals surface area contributed by atoms with Gasteiger partial charge in [0.2, 0.25) is 0 Å². The van der Waals surface area contributed by atoms with Crippen LogP contribution in [0.15, 0.2) is 227 Å². The highest BCUT2D eigenvalue weighted by atomic mass is 32.1. The van der Waals surface area contributed by atoms with Crippen LogP contribution >= 0.6 is 11.3 Å². The van der Waals surface area contributed by atoms with Crippen LogP contribution in [0.3, 0.4) is 0 Å². The van der Waals surface area contributed by atoms with Gasteiger partial charge in [0.25, 0.3) is 0 Å². The second-order valence-corrected chi connectivity index (χ2v) is 19.2. The fourth-order valence-corrected chi connectivity index (χ4v) is 11.9. The van der Waals surface area contributed by atoms with Crippen molar-refractivity contribution in [2.75, 3.05) is 0 Å². The van der Waals surface area contributed by atoms with Gasteiger partial charge in [-0.05, 0) is 99.8 Å². The molecule has 3 aromatic heterocycles. The summed E-state index contributed by atoms with van der Waals surface area (Å²) in [6, 6.07) is 74.5. The molecule has 14 rings (SSSR count). The minimum absolute atomic E-state index is 0.0332. The fourth-order valence-electron chi connectivity index (χ4n) is 10.7. The van der Waals surface area contributed by atoms with Gasteiger partial charge in [-0.1, -0.05) is 159 Å². The number of allylic oxidation sites excluding steroid dienone is 1. The monoisotopic (exact) mass is 887 g/mol. The third-order valence-corrected chi connectivity index (χ3v) is 15.1. The SMILES string of the molecule is CC1C/C=C(\c2cccc(-c3ccccc3)c2)N=C(c2ccc3c(c2)oc2ccccc23)N=C1c1cc(-n2c3cc4ccccc4cc3c3c4ccccc4ccc32)cc2sc3ccccc3c12. The standard InChI is InChI=1S/C63H41N3OS/c1-38-26-30-53(44-20-13-19-41(32-44)39-14-3-2-4-15-39)64-63(45-27-29-49-48-22-9-11-24-56(48)67-57(49)35-45)65-62(38)52-36-46(37-59-61(52)50-23-10-12-25-58(50)68-59)66-54-31-28-40-16-7-8-21-47(40)60(54)51-33-42-17-5-6-18-43(42)34-55(51)66/h2-25,27-38H,26H2,1H3/b53-30+,64-63?,65-62?. The highest BCUT2D eigenvalue weighted by Gasteiger charge is 2.25. The van der Waals surface area contributed by atoms with E-state index >= 15 is 0 Å². The number of thiophene rings is 1. The molecular formula is C63H41N3OS. The number of benzene rings is 10. The zero-order chi connectivity index (χ0) is 44.9. The van der Waals surface area contributed by atoms with Crippen LogP contribution in [-0.2, 0) is 0 Å². The molecule has 0 radical (unpaired) electrons. The van der Waals surface area contributed by atoms with E-state index in [1.54, 1.807) is 0 Å². The Morgan fingerprint density at radius 1 is 0.471 bits per heavy atom. The zero-order valence-corrected chi connectivity index (χ0v) is 38.0. The summed E-state index contributed by atoms with van der Waals surface area (Å²) in [5.41, 5.74) is 12.5. The van der Waals surface area contributed by atoms with Crippen LogP contribution in [0.4, 0.5) is 0 Å². The maximum atomic E-state index is 6.51. The molecule has 1 aliphatic rings. The molecule has 0 saturated carbocycles. The van der Waals surface area contributed by atoms with Crippen molar-refractivity contribution < 1.29 is 4.42 Å². The lowest BCUT2D eigenvalue weighted by molar-refractivity contribution is 0.669. The van der Waals surface area contributed by atoms with Crippen molar-refractivity contribution in [3.63, 3.8) is 0 Å². The molecule has 0 saturated heterocycles. The molecule has 0 fully saturated rings. The number of nitrogens with zero attached hydrogens (tertiary/aromatic N) is 3.